The van der Waals surface area contributed by atoms with Gasteiger partial charge < -0.3 is 20.1 Å². The second-order valence-corrected chi connectivity index (χ2v) is 7.66. The van der Waals surface area contributed by atoms with E-state index in [1.54, 1.807) is 0 Å². The standard InChI is InChI=1S/C23H24N4O3/c1-14-8-9-18(15(2)10-14)24-22(28)12-21-23(29)25-19-6-4-5-7-20(19)27(21)13-17-11-16(3)26-30-17/h4-11,21H,12-13H2,1-3H3,(H,24,28)(H,25,29). The van der Waals surface area contributed by atoms with Crippen LogP contribution in [-0.2, 0) is 16.1 Å². The van der Waals surface area contributed by atoms with Gasteiger partial charge in [0, 0.05) is 11.8 Å². The Kier molecular flexibility index (Phi) is 5.27. The fraction of sp³-hybridized carbons (Fsp3) is 0.261. The van der Waals surface area contributed by atoms with Crippen LogP contribution in [0.3, 0.4) is 0 Å². The minimum absolute atomic E-state index is 0.0145. The third kappa shape index (κ3) is 4.05. The number of carbonyl (C=O) groups excluding carboxylic acids is 2. The van der Waals surface area contributed by atoms with Gasteiger partial charge in [-0.3, -0.25) is 9.59 Å². The summed E-state index contributed by atoms with van der Waals surface area (Å²) in [4.78, 5) is 27.6. The first kappa shape index (κ1) is 19.7. The Morgan fingerprint density at radius 3 is 2.70 bits per heavy atom. The average Bonchev–Trinajstić information content (AvgIpc) is 3.11. The number of hydrogen-bond acceptors (Lipinski definition) is 5. The molecule has 30 heavy (non-hydrogen) atoms. The van der Waals surface area contributed by atoms with Gasteiger partial charge >= 0.3 is 0 Å². The van der Waals surface area contributed by atoms with Crippen molar-refractivity contribution in [3.05, 3.63) is 71.1 Å². The van der Waals surface area contributed by atoms with E-state index < -0.39 is 6.04 Å². The summed E-state index contributed by atoms with van der Waals surface area (Å²) >= 11 is 0. The molecule has 7 nitrogen and oxygen atoms in total. The SMILES string of the molecule is Cc1ccc(NC(=O)CC2C(=O)Nc3ccccc3N2Cc2cc(C)no2)c(C)c1. The molecule has 2 aromatic carbocycles. The number of hydrogen-bond donors (Lipinski definition) is 2. The Hall–Kier alpha value is -3.61. The van der Waals surface area contributed by atoms with Crippen molar-refractivity contribution >= 4 is 28.9 Å². The van der Waals surface area contributed by atoms with E-state index in [1.165, 1.54) is 0 Å². The van der Waals surface area contributed by atoms with Crippen molar-refractivity contribution in [1.82, 2.24) is 5.16 Å². The largest absolute Gasteiger partial charge is 0.359 e. The first-order chi connectivity index (χ1) is 14.4. The number of nitrogens with zero attached hydrogens (tertiary/aromatic N) is 2. The second kappa shape index (κ2) is 8.02. The van der Waals surface area contributed by atoms with E-state index in [2.05, 4.69) is 15.8 Å². The van der Waals surface area contributed by atoms with Crippen LogP contribution in [0.15, 0.2) is 53.1 Å². The number of rotatable bonds is 5. The molecule has 1 aliphatic heterocycles. The Labute approximate surface area is 175 Å². The molecule has 0 radical (unpaired) electrons. The van der Waals surface area contributed by atoms with Crippen LogP contribution >= 0.6 is 0 Å². The van der Waals surface area contributed by atoms with Crippen LogP contribution in [0.1, 0.15) is 29.0 Å². The lowest BCUT2D eigenvalue weighted by Gasteiger charge is -2.37. The fourth-order valence-electron chi connectivity index (χ4n) is 3.74. The predicted octanol–water partition coefficient (Wildman–Crippen LogP) is 3.96. The summed E-state index contributed by atoms with van der Waals surface area (Å²) in [7, 11) is 0. The maximum Gasteiger partial charge on any atom is 0.247 e. The van der Waals surface area contributed by atoms with Gasteiger partial charge in [-0.1, -0.05) is 35.0 Å². The Morgan fingerprint density at radius 1 is 1.17 bits per heavy atom. The van der Waals surface area contributed by atoms with Crippen molar-refractivity contribution in [3.8, 4) is 0 Å². The summed E-state index contributed by atoms with van der Waals surface area (Å²) in [5, 5.41) is 9.78. The number of carbonyl (C=O) groups is 2. The van der Waals surface area contributed by atoms with Gasteiger partial charge in [-0.25, -0.2) is 0 Å². The molecule has 0 saturated carbocycles. The lowest BCUT2D eigenvalue weighted by molar-refractivity contribution is -0.122. The number of para-hydroxylation sites is 2. The molecule has 7 heteroatoms. The minimum Gasteiger partial charge on any atom is -0.359 e. The Balaban J connectivity index is 1.59. The quantitative estimate of drug-likeness (QED) is 0.672. The molecule has 1 atom stereocenters. The van der Waals surface area contributed by atoms with Crippen molar-refractivity contribution in [2.75, 3.05) is 15.5 Å². The zero-order valence-electron chi connectivity index (χ0n) is 17.2. The smallest absolute Gasteiger partial charge is 0.247 e. The van der Waals surface area contributed by atoms with Crippen LogP contribution in [-0.4, -0.2) is 23.0 Å². The molecule has 0 bridgehead atoms. The Morgan fingerprint density at radius 2 is 1.97 bits per heavy atom. The van der Waals surface area contributed by atoms with E-state index in [1.807, 2.05) is 74.2 Å². The van der Waals surface area contributed by atoms with Crippen LogP contribution in [0.5, 0.6) is 0 Å². The number of anilines is 3. The molecular formula is C23H24N4O3. The van der Waals surface area contributed by atoms with Gasteiger partial charge in [-0.15, -0.1) is 0 Å². The van der Waals surface area contributed by atoms with Gasteiger partial charge in [0.2, 0.25) is 11.8 Å². The molecule has 1 unspecified atom stereocenters. The highest BCUT2D eigenvalue weighted by atomic mass is 16.5. The summed E-state index contributed by atoms with van der Waals surface area (Å²) in [5.74, 6) is 0.192. The number of fused-ring (bicyclic) bond motifs is 1. The molecule has 0 saturated heterocycles. The van der Waals surface area contributed by atoms with Crippen LogP contribution < -0.4 is 15.5 Å². The van der Waals surface area contributed by atoms with Crippen LogP contribution in [0, 0.1) is 20.8 Å². The van der Waals surface area contributed by atoms with E-state index in [9.17, 15) is 9.59 Å². The average molecular weight is 404 g/mol. The first-order valence-electron chi connectivity index (χ1n) is 9.86. The maximum atomic E-state index is 12.9. The van der Waals surface area contributed by atoms with Crippen molar-refractivity contribution in [2.24, 2.45) is 0 Å². The zero-order valence-corrected chi connectivity index (χ0v) is 17.2. The lowest BCUT2D eigenvalue weighted by atomic mass is 10.0. The number of amides is 2. The molecule has 0 aliphatic carbocycles. The van der Waals surface area contributed by atoms with E-state index in [-0.39, 0.29) is 18.2 Å². The van der Waals surface area contributed by atoms with Gasteiger partial charge in [-0.05, 0) is 44.5 Å². The third-order valence-electron chi connectivity index (χ3n) is 5.19. The molecule has 2 heterocycles. The molecule has 4 rings (SSSR count). The van der Waals surface area contributed by atoms with Gasteiger partial charge in [0.05, 0.1) is 30.0 Å². The van der Waals surface area contributed by atoms with Crippen LogP contribution in [0.2, 0.25) is 0 Å². The van der Waals surface area contributed by atoms with Crippen LogP contribution in [0.25, 0.3) is 0 Å². The van der Waals surface area contributed by atoms with Gasteiger partial charge in [0.25, 0.3) is 0 Å². The summed E-state index contributed by atoms with van der Waals surface area (Å²) in [6.45, 7) is 6.14. The van der Waals surface area contributed by atoms with Crippen molar-refractivity contribution in [2.45, 2.75) is 39.8 Å². The molecule has 154 valence electrons. The molecule has 1 aromatic heterocycles. The molecule has 0 spiro atoms. The monoisotopic (exact) mass is 404 g/mol. The van der Waals surface area contributed by atoms with E-state index in [0.717, 1.165) is 28.2 Å². The van der Waals surface area contributed by atoms with Gasteiger partial charge in [0.1, 0.15) is 6.04 Å². The maximum absolute atomic E-state index is 12.9. The highest BCUT2D eigenvalue weighted by Gasteiger charge is 2.35. The summed E-state index contributed by atoms with van der Waals surface area (Å²) in [6, 6.07) is 14.5. The Bertz CT molecular complexity index is 1110. The predicted molar refractivity (Wildman–Crippen MR) is 115 cm³/mol. The summed E-state index contributed by atoms with van der Waals surface area (Å²) in [6.07, 6.45) is 0.0145. The van der Waals surface area contributed by atoms with Crippen molar-refractivity contribution < 1.29 is 14.1 Å². The highest BCUT2D eigenvalue weighted by Crippen LogP contribution is 2.34. The topological polar surface area (TPSA) is 87.5 Å². The second-order valence-electron chi connectivity index (χ2n) is 7.66. The number of aromatic nitrogens is 1. The minimum atomic E-state index is -0.670. The summed E-state index contributed by atoms with van der Waals surface area (Å²) < 4.78 is 5.37. The molecule has 1 aliphatic rings. The number of aryl methyl sites for hydroxylation is 3. The van der Waals surface area contributed by atoms with E-state index >= 15 is 0 Å². The molecule has 3 aromatic rings. The highest BCUT2D eigenvalue weighted by molar-refractivity contribution is 6.06. The number of benzene rings is 2. The number of nitrogens with one attached hydrogen (secondary N) is 2. The lowest BCUT2D eigenvalue weighted by Crippen LogP contribution is -2.49. The van der Waals surface area contributed by atoms with Crippen molar-refractivity contribution in [1.29, 1.82) is 0 Å². The van der Waals surface area contributed by atoms with E-state index in [0.29, 0.717) is 18.0 Å². The molecule has 2 N–H and O–H groups in total. The molecular weight excluding hydrogens is 380 g/mol. The van der Waals surface area contributed by atoms with Crippen LogP contribution in [0.4, 0.5) is 17.1 Å². The zero-order chi connectivity index (χ0) is 21.3. The third-order valence-corrected chi connectivity index (χ3v) is 5.19. The van der Waals surface area contributed by atoms with Gasteiger partial charge in [-0.2, -0.15) is 0 Å². The first-order valence-corrected chi connectivity index (χ1v) is 9.86. The normalized spacial score (nSPS) is 15.5. The summed E-state index contributed by atoms with van der Waals surface area (Å²) in [5.41, 5.74) is 5.18. The molecule has 0 fully saturated rings. The van der Waals surface area contributed by atoms with Crippen molar-refractivity contribution in [3.63, 3.8) is 0 Å². The van der Waals surface area contributed by atoms with E-state index in [4.69, 9.17) is 4.52 Å². The fourth-order valence-corrected chi connectivity index (χ4v) is 3.74. The van der Waals surface area contributed by atoms with Gasteiger partial charge in [0.15, 0.2) is 5.76 Å². The molecule has 2 amide bonds.